The van der Waals surface area contributed by atoms with Crippen LogP contribution in [0.4, 0.5) is 4.79 Å². The number of benzene rings is 1. The van der Waals surface area contributed by atoms with E-state index in [9.17, 15) is 4.79 Å². The van der Waals surface area contributed by atoms with Gasteiger partial charge in [0.2, 0.25) is 0 Å². The van der Waals surface area contributed by atoms with Crippen LogP contribution in [0.5, 0.6) is 0 Å². The van der Waals surface area contributed by atoms with Gasteiger partial charge in [-0.15, -0.1) is 0 Å². The second-order valence-electron chi connectivity index (χ2n) is 5.15. The maximum atomic E-state index is 12.0. The smallest absolute Gasteiger partial charge is 0.410 e. The van der Waals surface area contributed by atoms with Crippen LogP contribution >= 0.6 is 0 Å². The number of carbonyl (C=O) groups excluding carboxylic acids is 1. The van der Waals surface area contributed by atoms with Crippen LogP contribution in [0.15, 0.2) is 30.3 Å². The van der Waals surface area contributed by atoms with Crippen molar-refractivity contribution in [1.29, 1.82) is 0 Å². The number of rotatable bonds is 3. The van der Waals surface area contributed by atoms with Crippen molar-refractivity contribution in [1.82, 2.24) is 10.2 Å². The van der Waals surface area contributed by atoms with E-state index in [2.05, 4.69) is 12.2 Å². The van der Waals surface area contributed by atoms with Gasteiger partial charge in [-0.2, -0.15) is 0 Å². The number of hydrogen-bond donors (Lipinski definition) is 1. The summed E-state index contributed by atoms with van der Waals surface area (Å²) in [4.78, 5) is 13.8. The SMILES string of the molecule is CNC1CCN(C(=O)OCc2ccccc2)CC1C. The Morgan fingerprint density at radius 3 is 2.79 bits per heavy atom. The number of nitrogens with one attached hydrogen (secondary N) is 1. The summed E-state index contributed by atoms with van der Waals surface area (Å²) in [5, 5.41) is 3.29. The molecule has 1 aromatic rings. The van der Waals surface area contributed by atoms with Crippen LogP contribution < -0.4 is 5.32 Å². The maximum Gasteiger partial charge on any atom is 0.410 e. The molecule has 2 atom stereocenters. The molecule has 1 saturated heterocycles. The van der Waals surface area contributed by atoms with Gasteiger partial charge in [0.25, 0.3) is 0 Å². The molecule has 1 aromatic carbocycles. The van der Waals surface area contributed by atoms with Gasteiger partial charge >= 0.3 is 6.09 Å². The van der Waals surface area contributed by atoms with Crippen LogP contribution in [0.3, 0.4) is 0 Å². The van der Waals surface area contributed by atoms with Gasteiger partial charge in [-0.1, -0.05) is 37.3 Å². The van der Waals surface area contributed by atoms with Gasteiger partial charge in [0, 0.05) is 19.1 Å². The predicted molar refractivity (Wildman–Crippen MR) is 74.8 cm³/mol. The lowest BCUT2D eigenvalue weighted by Crippen LogP contribution is -2.49. The summed E-state index contributed by atoms with van der Waals surface area (Å²) in [7, 11) is 1.98. The average molecular weight is 262 g/mol. The molecule has 0 saturated carbocycles. The normalized spacial score (nSPS) is 23.2. The quantitative estimate of drug-likeness (QED) is 0.908. The maximum absolute atomic E-state index is 12.0. The van der Waals surface area contributed by atoms with Crippen LogP contribution in [0, 0.1) is 5.92 Å². The van der Waals surface area contributed by atoms with Crippen LogP contribution in [0.2, 0.25) is 0 Å². The van der Waals surface area contributed by atoms with E-state index in [1.807, 2.05) is 37.4 Å². The third-order valence-corrected chi connectivity index (χ3v) is 3.74. The average Bonchev–Trinajstić information content (AvgIpc) is 2.45. The van der Waals surface area contributed by atoms with Crippen molar-refractivity contribution in [2.24, 2.45) is 5.92 Å². The third kappa shape index (κ3) is 3.70. The summed E-state index contributed by atoms with van der Waals surface area (Å²) in [6.07, 6.45) is 0.781. The van der Waals surface area contributed by atoms with E-state index in [-0.39, 0.29) is 6.09 Å². The summed E-state index contributed by atoms with van der Waals surface area (Å²) < 4.78 is 5.35. The fraction of sp³-hybridized carbons (Fsp3) is 0.533. The summed E-state index contributed by atoms with van der Waals surface area (Å²) in [5.41, 5.74) is 1.02. The number of likely N-dealkylation sites (tertiary alicyclic amines) is 1. The molecule has 0 bridgehead atoms. The Labute approximate surface area is 114 Å². The largest absolute Gasteiger partial charge is 0.445 e. The highest BCUT2D eigenvalue weighted by molar-refractivity contribution is 5.67. The predicted octanol–water partition coefficient (Wildman–Crippen LogP) is 2.25. The van der Waals surface area contributed by atoms with Crippen molar-refractivity contribution in [2.75, 3.05) is 20.1 Å². The summed E-state index contributed by atoms with van der Waals surface area (Å²) in [5.74, 6) is 0.461. The second-order valence-corrected chi connectivity index (χ2v) is 5.15. The standard InChI is InChI=1S/C15H22N2O2/c1-12-10-17(9-8-14(12)16-2)15(18)19-11-13-6-4-3-5-7-13/h3-7,12,14,16H,8-11H2,1-2H3. The van der Waals surface area contributed by atoms with Crippen LogP contribution in [0.1, 0.15) is 18.9 Å². The van der Waals surface area contributed by atoms with E-state index < -0.39 is 0 Å². The fourth-order valence-corrected chi connectivity index (χ4v) is 2.55. The highest BCUT2D eigenvalue weighted by atomic mass is 16.6. The number of nitrogens with zero attached hydrogens (tertiary/aromatic N) is 1. The minimum atomic E-state index is -0.203. The lowest BCUT2D eigenvalue weighted by atomic mass is 9.94. The summed E-state index contributed by atoms with van der Waals surface area (Å²) >= 11 is 0. The van der Waals surface area contributed by atoms with E-state index in [0.717, 1.165) is 25.1 Å². The van der Waals surface area contributed by atoms with E-state index in [1.165, 1.54) is 0 Å². The first kappa shape index (κ1) is 13.9. The van der Waals surface area contributed by atoms with Crippen LogP contribution in [0.25, 0.3) is 0 Å². The zero-order valence-electron chi connectivity index (χ0n) is 11.6. The first-order valence-electron chi connectivity index (χ1n) is 6.83. The van der Waals surface area contributed by atoms with E-state index >= 15 is 0 Å². The number of hydrogen-bond acceptors (Lipinski definition) is 3. The molecule has 104 valence electrons. The van der Waals surface area contributed by atoms with Crippen molar-refractivity contribution >= 4 is 6.09 Å². The van der Waals surface area contributed by atoms with Gasteiger partial charge < -0.3 is 15.0 Å². The van der Waals surface area contributed by atoms with E-state index in [0.29, 0.717) is 18.6 Å². The van der Waals surface area contributed by atoms with Crippen molar-refractivity contribution in [3.05, 3.63) is 35.9 Å². The van der Waals surface area contributed by atoms with Gasteiger partial charge in [-0.05, 0) is 24.9 Å². The van der Waals surface area contributed by atoms with E-state index in [1.54, 1.807) is 4.90 Å². The van der Waals surface area contributed by atoms with Crippen molar-refractivity contribution in [2.45, 2.75) is 26.0 Å². The minimum absolute atomic E-state index is 0.203. The minimum Gasteiger partial charge on any atom is -0.445 e. The molecule has 0 spiro atoms. The molecule has 1 aliphatic rings. The molecule has 1 aliphatic heterocycles. The number of ether oxygens (including phenoxy) is 1. The van der Waals surface area contributed by atoms with Gasteiger partial charge in [0.15, 0.2) is 0 Å². The number of piperidine rings is 1. The van der Waals surface area contributed by atoms with Crippen molar-refractivity contribution in [3.63, 3.8) is 0 Å². The molecule has 1 heterocycles. The zero-order chi connectivity index (χ0) is 13.7. The Morgan fingerprint density at radius 1 is 1.42 bits per heavy atom. The molecule has 19 heavy (non-hydrogen) atoms. The van der Waals surface area contributed by atoms with Crippen LogP contribution in [-0.4, -0.2) is 37.2 Å². The zero-order valence-corrected chi connectivity index (χ0v) is 11.6. The molecular formula is C15H22N2O2. The molecular weight excluding hydrogens is 240 g/mol. The first-order valence-corrected chi connectivity index (χ1v) is 6.83. The topological polar surface area (TPSA) is 41.6 Å². The highest BCUT2D eigenvalue weighted by Crippen LogP contribution is 2.17. The fourth-order valence-electron chi connectivity index (χ4n) is 2.55. The Morgan fingerprint density at radius 2 is 2.16 bits per heavy atom. The lowest BCUT2D eigenvalue weighted by Gasteiger charge is -2.36. The molecule has 1 fully saturated rings. The Kier molecular flexibility index (Phi) is 4.80. The second kappa shape index (κ2) is 6.57. The molecule has 4 heteroatoms. The van der Waals surface area contributed by atoms with Gasteiger partial charge in [0.1, 0.15) is 6.61 Å². The Balaban J connectivity index is 1.81. The highest BCUT2D eigenvalue weighted by Gasteiger charge is 2.28. The van der Waals surface area contributed by atoms with Crippen molar-refractivity contribution < 1.29 is 9.53 Å². The lowest BCUT2D eigenvalue weighted by molar-refractivity contribution is 0.0743. The Hall–Kier alpha value is -1.55. The van der Waals surface area contributed by atoms with Gasteiger partial charge in [0.05, 0.1) is 0 Å². The van der Waals surface area contributed by atoms with Gasteiger partial charge in [-0.25, -0.2) is 4.79 Å². The van der Waals surface area contributed by atoms with Gasteiger partial charge in [-0.3, -0.25) is 0 Å². The first-order chi connectivity index (χ1) is 9.20. The summed E-state index contributed by atoms with van der Waals surface area (Å²) in [6.45, 7) is 4.04. The molecule has 0 radical (unpaired) electrons. The monoisotopic (exact) mass is 262 g/mol. The number of amides is 1. The Bertz CT molecular complexity index is 408. The third-order valence-electron chi connectivity index (χ3n) is 3.74. The van der Waals surface area contributed by atoms with Crippen LogP contribution in [-0.2, 0) is 11.3 Å². The number of carbonyl (C=O) groups is 1. The van der Waals surface area contributed by atoms with Crippen molar-refractivity contribution in [3.8, 4) is 0 Å². The molecule has 1 amide bonds. The molecule has 4 nitrogen and oxygen atoms in total. The molecule has 1 N–H and O–H groups in total. The summed E-state index contributed by atoms with van der Waals surface area (Å²) in [6, 6.07) is 10.3. The molecule has 2 unspecified atom stereocenters. The molecule has 0 aromatic heterocycles. The molecule has 0 aliphatic carbocycles. The molecule has 2 rings (SSSR count). The van der Waals surface area contributed by atoms with E-state index in [4.69, 9.17) is 4.74 Å².